The first kappa shape index (κ1) is 14.6. The molecule has 0 fully saturated rings. The van der Waals surface area contributed by atoms with E-state index in [1.165, 1.54) is 0 Å². The average Bonchev–Trinajstić information content (AvgIpc) is 2.24. The molecule has 0 radical (unpaired) electrons. The molecule has 0 spiro atoms. The number of halogens is 1. The summed E-state index contributed by atoms with van der Waals surface area (Å²) < 4.78 is 5.60. The Hall–Kier alpha value is -1.43. The van der Waals surface area contributed by atoms with E-state index in [0.717, 1.165) is 0 Å². The molecule has 1 heterocycles. The number of rotatable bonds is 3. The van der Waals surface area contributed by atoms with E-state index in [-0.39, 0.29) is 0 Å². The Morgan fingerprint density at radius 2 is 2.22 bits per heavy atom. The number of carbonyl (C=O) groups excluding carboxylic acids is 2. The van der Waals surface area contributed by atoms with Crippen molar-refractivity contribution in [3.8, 4) is 0 Å². The molecule has 5 nitrogen and oxygen atoms in total. The van der Waals surface area contributed by atoms with Crippen molar-refractivity contribution < 1.29 is 14.3 Å². The van der Waals surface area contributed by atoms with Crippen LogP contribution >= 0.6 is 15.9 Å². The number of carbonyl (C=O) groups is 2. The molecule has 0 aromatic carbocycles. The minimum absolute atomic E-state index is 0.512. The first-order valence-corrected chi connectivity index (χ1v) is 6.18. The minimum Gasteiger partial charge on any atom is -0.444 e. The average molecular weight is 315 g/mol. The van der Waals surface area contributed by atoms with Gasteiger partial charge in [-0.25, -0.2) is 9.78 Å². The summed E-state index contributed by atoms with van der Waals surface area (Å²) in [5, 5.41) is 2.48. The Morgan fingerprint density at radius 1 is 1.56 bits per heavy atom. The van der Waals surface area contributed by atoms with Gasteiger partial charge in [0.2, 0.25) is 0 Å². The van der Waals surface area contributed by atoms with E-state index in [1.54, 1.807) is 39.1 Å². The van der Waals surface area contributed by atoms with Gasteiger partial charge in [-0.2, -0.15) is 0 Å². The zero-order valence-corrected chi connectivity index (χ0v) is 12.0. The molecular weight excluding hydrogens is 300 g/mol. The van der Waals surface area contributed by atoms with Crippen molar-refractivity contribution in [2.45, 2.75) is 32.4 Å². The zero-order chi connectivity index (χ0) is 13.8. The van der Waals surface area contributed by atoms with Crippen molar-refractivity contribution in [1.82, 2.24) is 10.3 Å². The maximum Gasteiger partial charge on any atom is 0.408 e. The molecule has 6 heteroatoms. The van der Waals surface area contributed by atoms with Crippen LogP contribution in [0.15, 0.2) is 22.9 Å². The summed E-state index contributed by atoms with van der Waals surface area (Å²) in [6.07, 6.45) is 1.57. The molecule has 98 valence electrons. The minimum atomic E-state index is -0.789. The Morgan fingerprint density at radius 3 is 2.72 bits per heavy atom. The second-order valence-electron chi connectivity index (χ2n) is 4.64. The maximum atomic E-state index is 11.6. The normalized spacial score (nSPS) is 12.7. The van der Waals surface area contributed by atoms with Gasteiger partial charge in [-0.3, -0.25) is 0 Å². The fraction of sp³-hybridized carbons (Fsp3) is 0.417. The molecule has 1 N–H and O–H groups in total. The number of aromatic nitrogens is 1. The Balaban J connectivity index is 2.78. The predicted octanol–water partition coefficient (Wildman–Crippen LogP) is 2.61. The van der Waals surface area contributed by atoms with Crippen LogP contribution < -0.4 is 5.32 Å². The number of nitrogens with zero attached hydrogens (tertiary/aromatic N) is 1. The molecule has 0 aliphatic heterocycles. The smallest absolute Gasteiger partial charge is 0.408 e. The van der Waals surface area contributed by atoms with Crippen molar-refractivity contribution in [2.75, 3.05) is 0 Å². The predicted molar refractivity (Wildman–Crippen MR) is 70.1 cm³/mol. The van der Waals surface area contributed by atoms with E-state index in [4.69, 9.17) is 4.74 Å². The second-order valence-corrected chi connectivity index (χ2v) is 5.39. The van der Waals surface area contributed by atoms with Crippen molar-refractivity contribution in [2.24, 2.45) is 0 Å². The van der Waals surface area contributed by atoms with E-state index in [2.05, 4.69) is 26.2 Å². The molecule has 0 bridgehead atoms. The largest absolute Gasteiger partial charge is 0.444 e. The standard InChI is InChI=1S/C12H15BrN2O3/c1-12(2,3)18-11(17)15-9(7-16)8-5-4-6-14-10(8)13/h4-7,9H,1-3H3,(H,15,17). The van der Waals surface area contributed by atoms with E-state index in [1.807, 2.05) is 0 Å². The summed E-state index contributed by atoms with van der Waals surface area (Å²) in [5.74, 6) is 0. The highest BCUT2D eigenvalue weighted by Gasteiger charge is 2.21. The van der Waals surface area contributed by atoms with Crippen molar-refractivity contribution in [3.63, 3.8) is 0 Å². The van der Waals surface area contributed by atoms with Crippen molar-refractivity contribution >= 4 is 28.3 Å². The number of alkyl carbamates (subject to hydrolysis) is 1. The Bertz CT molecular complexity index is 443. The molecule has 1 aromatic rings. The molecule has 0 saturated carbocycles. The van der Waals surface area contributed by atoms with E-state index in [0.29, 0.717) is 16.5 Å². The highest BCUT2D eigenvalue weighted by atomic mass is 79.9. The SMILES string of the molecule is CC(C)(C)OC(=O)NC(C=O)c1cccnc1Br. The lowest BCUT2D eigenvalue weighted by atomic mass is 10.1. The molecule has 1 unspecified atom stereocenters. The topological polar surface area (TPSA) is 68.3 Å². The summed E-state index contributed by atoms with van der Waals surface area (Å²) in [4.78, 5) is 26.6. The summed E-state index contributed by atoms with van der Waals surface area (Å²) >= 11 is 3.23. The number of aldehydes is 1. The molecule has 1 amide bonds. The molecule has 0 aliphatic rings. The number of pyridine rings is 1. The van der Waals surface area contributed by atoms with Gasteiger partial charge in [0.15, 0.2) is 0 Å². The summed E-state index contributed by atoms with van der Waals surface area (Å²) in [5.41, 5.74) is -0.0256. The lowest BCUT2D eigenvalue weighted by Crippen LogP contribution is -2.35. The number of ether oxygens (including phenoxy) is 1. The Labute approximate surface area is 114 Å². The quantitative estimate of drug-likeness (QED) is 0.688. The number of nitrogens with one attached hydrogen (secondary N) is 1. The number of hydrogen-bond acceptors (Lipinski definition) is 4. The van der Waals surface area contributed by atoms with Gasteiger partial charge in [-0.05, 0) is 42.8 Å². The molecule has 18 heavy (non-hydrogen) atoms. The lowest BCUT2D eigenvalue weighted by molar-refractivity contribution is -0.109. The van der Waals surface area contributed by atoms with Gasteiger partial charge in [0.05, 0.1) is 0 Å². The monoisotopic (exact) mass is 314 g/mol. The summed E-state index contributed by atoms with van der Waals surface area (Å²) in [6, 6.07) is 2.60. The summed E-state index contributed by atoms with van der Waals surface area (Å²) in [7, 11) is 0. The van der Waals surface area contributed by atoms with E-state index in [9.17, 15) is 9.59 Å². The van der Waals surface area contributed by atoms with Crippen LogP contribution in [0.1, 0.15) is 32.4 Å². The zero-order valence-electron chi connectivity index (χ0n) is 10.4. The van der Waals surface area contributed by atoms with Crippen LogP contribution in [0, 0.1) is 0 Å². The third-order valence-electron chi connectivity index (χ3n) is 1.93. The van der Waals surface area contributed by atoms with Gasteiger partial charge in [0.1, 0.15) is 22.5 Å². The van der Waals surface area contributed by atoms with Crippen LogP contribution in [-0.2, 0) is 9.53 Å². The molecule has 0 saturated heterocycles. The first-order valence-electron chi connectivity index (χ1n) is 5.38. The van der Waals surface area contributed by atoms with Crippen LogP contribution in [0.25, 0.3) is 0 Å². The van der Waals surface area contributed by atoms with Gasteiger partial charge in [0.25, 0.3) is 0 Å². The van der Waals surface area contributed by atoms with Crippen LogP contribution in [-0.4, -0.2) is 23.0 Å². The number of amides is 1. The van der Waals surface area contributed by atoms with Crippen LogP contribution in [0.2, 0.25) is 0 Å². The Kier molecular flexibility index (Phi) is 4.84. The molecular formula is C12H15BrN2O3. The van der Waals surface area contributed by atoms with Crippen LogP contribution in [0.3, 0.4) is 0 Å². The fourth-order valence-electron chi connectivity index (χ4n) is 1.25. The third-order valence-corrected chi connectivity index (χ3v) is 2.59. The van der Waals surface area contributed by atoms with Gasteiger partial charge >= 0.3 is 6.09 Å². The lowest BCUT2D eigenvalue weighted by Gasteiger charge is -2.21. The molecule has 1 rings (SSSR count). The molecule has 1 atom stereocenters. The molecule has 0 aliphatic carbocycles. The van der Waals surface area contributed by atoms with Gasteiger partial charge in [-0.1, -0.05) is 6.07 Å². The first-order chi connectivity index (χ1) is 8.33. The molecule has 1 aromatic heterocycles. The second kappa shape index (κ2) is 5.95. The van der Waals surface area contributed by atoms with Crippen LogP contribution in [0.5, 0.6) is 0 Å². The third kappa shape index (κ3) is 4.44. The van der Waals surface area contributed by atoms with Gasteiger partial charge in [-0.15, -0.1) is 0 Å². The maximum absolute atomic E-state index is 11.6. The van der Waals surface area contributed by atoms with Crippen molar-refractivity contribution in [1.29, 1.82) is 0 Å². The highest BCUT2D eigenvalue weighted by Crippen LogP contribution is 2.20. The summed E-state index contributed by atoms with van der Waals surface area (Å²) in [6.45, 7) is 5.26. The van der Waals surface area contributed by atoms with E-state index < -0.39 is 17.7 Å². The van der Waals surface area contributed by atoms with Gasteiger partial charge in [0, 0.05) is 11.8 Å². The van der Waals surface area contributed by atoms with Gasteiger partial charge < -0.3 is 14.8 Å². The van der Waals surface area contributed by atoms with Crippen molar-refractivity contribution in [3.05, 3.63) is 28.5 Å². The van der Waals surface area contributed by atoms with Crippen LogP contribution in [0.4, 0.5) is 4.79 Å². The number of hydrogen-bond donors (Lipinski definition) is 1. The fourth-order valence-corrected chi connectivity index (χ4v) is 1.75. The highest BCUT2D eigenvalue weighted by molar-refractivity contribution is 9.10. The van der Waals surface area contributed by atoms with E-state index >= 15 is 0 Å².